The molecule has 0 bridgehead atoms. The Balaban J connectivity index is 1.70. The first-order valence-corrected chi connectivity index (χ1v) is 7.17. The van der Waals surface area contributed by atoms with Gasteiger partial charge in [-0.25, -0.2) is 0 Å². The molecular formula is C16H22N2O. The van der Waals surface area contributed by atoms with Crippen molar-refractivity contribution in [3.63, 3.8) is 0 Å². The topological polar surface area (TPSA) is 36.3 Å². The van der Waals surface area contributed by atoms with Crippen molar-refractivity contribution in [1.82, 2.24) is 4.90 Å². The predicted molar refractivity (Wildman–Crippen MR) is 76.1 cm³/mol. The monoisotopic (exact) mass is 258 g/mol. The van der Waals surface area contributed by atoms with Gasteiger partial charge in [0.05, 0.1) is 11.6 Å². The summed E-state index contributed by atoms with van der Waals surface area (Å²) in [6.07, 6.45) is 3.95. The minimum atomic E-state index is 0.654. The molecule has 0 saturated carbocycles. The highest BCUT2D eigenvalue weighted by Gasteiger charge is 2.17. The lowest BCUT2D eigenvalue weighted by molar-refractivity contribution is 0.153. The molecule has 1 aromatic rings. The normalized spacial score (nSPS) is 17.1. The van der Waals surface area contributed by atoms with E-state index in [1.54, 1.807) is 12.1 Å². The Bertz CT molecular complexity index is 431. The predicted octanol–water partition coefficient (Wildman–Crippen LogP) is 3.06. The second-order valence-electron chi connectivity index (χ2n) is 5.18. The molecule has 0 N–H and O–H groups in total. The Hall–Kier alpha value is -1.53. The minimum Gasteiger partial charge on any atom is -0.492 e. The lowest BCUT2D eigenvalue weighted by Gasteiger charge is -2.31. The van der Waals surface area contributed by atoms with Gasteiger partial charge in [0.2, 0.25) is 0 Å². The van der Waals surface area contributed by atoms with Crippen LogP contribution >= 0.6 is 0 Å². The van der Waals surface area contributed by atoms with Crippen LogP contribution in [-0.4, -0.2) is 31.1 Å². The molecular weight excluding hydrogens is 236 g/mol. The van der Waals surface area contributed by atoms with Crippen molar-refractivity contribution in [3.8, 4) is 11.8 Å². The average molecular weight is 258 g/mol. The second-order valence-corrected chi connectivity index (χ2v) is 5.18. The lowest BCUT2D eigenvalue weighted by Crippen LogP contribution is -2.36. The van der Waals surface area contributed by atoms with Gasteiger partial charge in [-0.15, -0.1) is 0 Å². The zero-order chi connectivity index (χ0) is 13.5. The molecule has 1 saturated heterocycles. The standard InChI is InChI=1S/C16H22N2O/c1-2-14-6-8-18(9-7-14)10-11-19-16-5-3-4-15(12-16)13-17/h3-5,12,14H,2,6-11H2,1H3. The number of ether oxygens (including phenoxy) is 1. The van der Waals surface area contributed by atoms with E-state index in [0.29, 0.717) is 12.2 Å². The number of piperidine rings is 1. The zero-order valence-corrected chi connectivity index (χ0v) is 11.6. The number of hydrogen-bond acceptors (Lipinski definition) is 3. The summed E-state index contributed by atoms with van der Waals surface area (Å²) in [5.74, 6) is 1.71. The zero-order valence-electron chi connectivity index (χ0n) is 11.6. The highest BCUT2D eigenvalue weighted by Crippen LogP contribution is 2.19. The lowest BCUT2D eigenvalue weighted by atomic mass is 9.94. The molecule has 3 nitrogen and oxygen atoms in total. The fourth-order valence-electron chi connectivity index (χ4n) is 2.57. The number of nitriles is 1. The van der Waals surface area contributed by atoms with Crippen molar-refractivity contribution in [2.45, 2.75) is 26.2 Å². The summed E-state index contributed by atoms with van der Waals surface area (Å²) < 4.78 is 5.71. The first-order valence-electron chi connectivity index (χ1n) is 7.17. The molecule has 102 valence electrons. The van der Waals surface area contributed by atoms with Crippen LogP contribution in [0.3, 0.4) is 0 Å². The largest absolute Gasteiger partial charge is 0.492 e. The summed E-state index contributed by atoms with van der Waals surface area (Å²) >= 11 is 0. The molecule has 3 heteroatoms. The second kappa shape index (κ2) is 7.16. The molecule has 0 amide bonds. The molecule has 19 heavy (non-hydrogen) atoms. The van der Waals surface area contributed by atoms with Crippen molar-refractivity contribution >= 4 is 0 Å². The van der Waals surface area contributed by atoms with E-state index in [4.69, 9.17) is 10.00 Å². The average Bonchev–Trinajstić information content (AvgIpc) is 2.48. The maximum Gasteiger partial charge on any atom is 0.120 e. The number of rotatable bonds is 5. The molecule has 1 heterocycles. The fraction of sp³-hybridized carbons (Fsp3) is 0.562. The molecule has 0 spiro atoms. The third-order valence-corrected chi connectivity index (χ3v) is 3.92. The third-order valence-electron chi connectivity index (χ3n) is 3.92. The van der Waals surface area contributed by atoms with E-state index < -0.39 is 0 Å². The van der Waals surface area contributed by atoms with E-state index >= 15 is 0 Å². The molecule has 0 aromatic heterocycles. The van der Waals surface area contributed by atoms with Gasteiger partial charge in [0.25, 0.3) is 0 Å². The van der Waals surface area contributed by atoms with Crippen molar-refractivity contribution in [3.05, 3.63) is 29.8 Å². The molecule has 1 aliphatic heterocycles. The Labute approximate surface area is 115 Å². The summed E-state index contributed by atoms with van der Waals surface area (Å²) in [4.78, 5) is 2.47. The van der Waals surface area contributed by atoms with Crippen LogP contribution in [0.5, 0.6) is 5.75 Å². The summed E-state index contributed by atoms with van der Waals surface area (Å²) in [6, 6.07) is 9.49. The SMILES string of the molecule is CCC1CCN(CCOc2cccc(C#N)c2)CC1. The summed E-state index contributed by atoms with van der Waals surface area (Å²) in [5, 5.41) is 8.83. The maximum absolute atomic E-state index is 8.83. The van der Waals surface area contributed by atoms with Crippen molar-refractivity contribution in [1.29, 1.82) is 5.26 Å². The highest BCUT2D eigenvalue weighted by atomic mass is 16.5. The quantitative estimate of drug-likeness (QED) is 0.814. The van der Waals surface area contributed by atoms with Gasteiger partial charge in [-0.2, -0.15) is 5.26 Å². The minimum absolute atomic E-state index is 0.654. The van der Waals surface area contributed by atoms with Gasteiger partial charge in [-0.05, 0) is 50.0 Å². The van der Waals surface area contributed by atoms with Crippen LogP contribution in [-0.2, 0) is 0 Å². The van der Waals surface area contributed by atoms with Gasteiger partial charge in [-0.1, -0.05) is 19.4 Å². The highest BCUT2D eigenvalue weighted by molar-refractivity contribution is 5.36. The number of likely N-dealkylation sites (tertiary alicyclic amines) is 1. The third kappa shape index (κ3) is 4.25. The van der Waals surface area contributed by atoms with E-state index in [0.717, 1.165) is 18.2 Å². The van der Waals surface area contributed by atoms with E-state index in [2.05, 4.69) is 17.9 Å². The van der Waals surface area contributed by atoms with Gasteiger partial charge in [-0.3, -0.25) is 4.90 Å². The molecule has 0 aliphatic carbocycles. The van der Waals surface area contributed by atoms with Crippen LogP contribution in [0.15, 0.2) is 24.3 Å². The Morgan fingerprint density at radius 1 is 1.37 bits per heavy atom. The Kier molecular flexibility index (Phi) is 5.23. The van der Waals surface area contributed by atoms with Crippen LogP contribution in [0, 0.1) is 17.2 Å². The van der Waals surface area contributed by atoms with Crippen LogP contribution < -0.4 is 4.74 Å². The number of nitrogens with zero attached hydrogens (tertiary/aromatic N) is 2. The fourth-order valence-corrected chi connectivity index (χ4v) is 2.57. The first-order chi connectivity index (χ1) is 9.31. The van der Waals surface area contributed by atoms with E-state index in [9.17, 15) is 0 Å². The van der Waals surface area contributed by atoms with E-state index in [1.165, 1.54) is 32.4 Å². The molecule has 0 atom stereocenters. The van der Waals surface area contributed by atoms with Crippen molar-refractivity contribution < 1.29 is 4.74 Å². The Morgan fingerprint density at radius 3 is 2.84 bits per heavy atom. The van der Waals surface area contributed by atoms with Crippen LogP contribution in [0.25, 0.3) is 0 Å². The van der Waals surface area contributed by atoms with Crippen LogP contribution in [0.2, 0.25) is 0 Å². The molecule has 2 rings (SSSR count). The van der Waals surface area contributed by atoms with Gasteiger partial charge in [0.1, 0.15) is 12.4 Å². The van der Waals surface area contributed by atoms with E-state index in [-0.39, 0.29) is 0 Å². The maximum atomic E-state index is 8.83. The van der Waals surface area contributed by atoms with Gasteiger partial charge in [0, 0.05) is 6.54 Å². The van der Waals surface area contributed by atoms with Crippen LogP contribution in [0.4, 0.5) is 0 Å². The molecule has 0 unspecified atom stereocenters. The number of hydrogen-bond donors (Lipinski definition) is 0. The van der Waals surface area contributed by atoms with Crippen molar-refractivity contribution in [2.75, 3.05) is 26.2 Å². The summed E-state index contributed by atoms with van der Waals surface area (Å²) in [6.45, 7) is 6.35. The first kappa shape index (κ1) is 13.9. The number of benzene rings is 1. The smallest absolute Gasteiger partial charge is 0.120 e. The van der Waals surface area contributed by atoms with Gasteiger partial charge >= 0.3 is 0 Å². The van der Waals surface area contributed by atoms with E-state index in [1.807, 2.05) is 12.1 Å². The molecule has 0 radical (unpaired) electrons. The summed E-state index contributed by atoms with van der Waals surface area (Å²) in [7, 11) is 0. The van der Waals surface area contributed by atoms with Gasteiger partial charge < -0.3 is 4.74 Å². The van der Waals surface area contributed by atoms with Crippen molar-refractivity contribution in [2.24, 2.45) is 5.92 Å². The molecule has 1 aromatic carbocycles. The molecule has 1 fully saturated rings. The molecule has 1 aliphatic rings. The van der Waals surface area contributed by atoms with Crippen LogP contribution in [0.1, 0.15) is 31.7 Å². The Morgan fingerprint density at radius 2 is 2.16 bits per heavy atom. The van der Waals surface area contributed by atoms with Gasteiger partial charge in [0.15, 0.2) is 0 Å². The summed E-state index contributed by atoms with van der Waals surface area (Å²) in [5.41, 5.74) is 0.654.